The highest BCUT2D eigenvalue weighted by Gasteiger charge is 2.32. The van der Waals surface area contributed by atoms with Crippen molar-refractivity contribution in [3.05, 3.63) is 53.9 Å². The lowest BCUT2D eigenvalue weighted by Gasteiger charge is -2.34. The molecule has 158 valence electrons. The van der Waals surface area contributed by atoms with E-state index >= 15 is 0 Å². The molecule has 0 radical (unpaired) electrons. The van der Waals surface area contributed by atoms with E-state index in [-0.39, 0.29) is 19.1 Å². The van der Waals surface area contributed by atoms with E-state index in [1.54, 1.807) is 42.2 Å². The van der Waals surface area contributed by atoms with Crippen molar-refractivity contribution < 1.29 is 18.3 Å². The number of halogens is 2. The minimum absolute atomic E-state index is 0.0589. The third-order valence-corrected chi connectivity index (χ3v) is 5.26. The first-order chi connectivity index (χ1) is 14.5. The van der Waals surface area contributed by atoms with Gasteiger partial charge in [-0.25, -0.2) is 13.6 Å². The van der Waals surface area contributed by atoms with Gasteiger partial charge in [-0.05, 0) is 25.0 Å². The molecule has 8 nitrogen and oxygen atoms in total. The molecule has 3 heterocycles. The largest absolute Gasteiger partial charge is 0.444 e. The molecule has 1 fully saturated rings. The van der Waals surface area contributed by atoms with E-state index < -0.39 is 18.1 Å². The fraction of sp³-hybridized carbons (Fsp3) is 0.400. The second kappa shape index (κ2) is 8.60. The number of hydrogen-bond donors (Lipinski definition) is 1. The van der Waals surface area contributed by atoms with Gasteiger partial charge in [-0.15, -0.1) is 10.2 Å². The molecule has 2 aromatic heterocycles. The van der Waals surface area contributed by atoms with Crippen molar-refractivity contribution in [2.24, 2.45) is 5.92 Å². The van der Waals surface area contributed by atoms with E-state index in [1.165, 1.54) is 11.0 Å². The number of carbonyl (C=O) groups is 1. The monoisotopic (exact) mass is 416 g/mol. The van der Waals surface area contributed by atoms with Crippen LogP contribution in [0.15, 0.2) is 36.9 Å². The van der Waals surface area contributed by atoms with Crippen molar-refractivity contribution in [1.82, 2.24) is 24.5 Å². The van der Waals surface area contributed by atoms with Crippen LogP contribution in [0.2, 0.25) is 0 Å². The maximum absolute atomic E-state index is 14.7. The fourth-order valence-corrected chi connectivity index (χ4v) is 3.47. The highest BCUT2D eigenvalue weighted by atomic mass is 19.1. The topological polar surface area (TPSA) is 84.6 Å². The van der Waals surface area contributed by atoms with Gasteiger partial charge in [0.25, 0.3) is 0 Å². The summed E-state index contributed by atoms with van der Waals surface area (Å²) in [5.74, 6) is -0.0180. The van der Waals surface area contributed by atoms with Gasteiger partial charge in [-0.2, -0.15) is 0 Å². The van der Waals surface area contributed by atoms with Crippen molar-refractivity contribution in [3.8, 4) is 0 Å². The number of alkyl halides is 1. The molecule has 0 saturated carbocycles. The van der Waals surface area contributed by atoms with Gasteiger partial charge < -0.3 is 15.0 Å². The summed E-state index contributed by atoms with van der Waals surface area (Å²) < 4.78 is 35.5. The summed E-state index contributed by atoms with van der Waals surface area (Å²) in [5, 5.41) is 10.9. The zero-order valence-electron chi connectivity index (χ0n) is 16.5. The van der Waals surface area contributed by atoms with Crippen LogP contribution in [0, 0.1) is 18.7 Å². The van der Waals surface area contributed by atoms with Crippen LogP contribution in [0.1, 0.15) is 17.5 Å². The smallest absolute Gasteiger partial charge is 0.410 e. The van der Waals surface area contributed by atoms with Crippen LogP contribution in [0.25, 0.3) is 5.65 Å². The maximum atomic E-state index is 14.7. The first-order valence-electron chi connectivity index (χ1n) is 9.69. The summed E-state index contributed by atoms with van der Waals surface area (Å²) >= 11 is 0. The van der Waals surface area contributed by atoms with Gasteiger partial charge in [0.15, 0.2) is 5.65 Å². The van der Waals surface area contributed by atoms with Gasteiger partial charge in [-0.3, -0.25) is 9.38 Å². The number of likely N-dealkylation sites (tertiary alicyclic amines) is 1. The summed E-state index contributed by atoms with van der Waals surface area (Å²) in [6.07, 6.45) is 3.41. The molecule has 1 aromatic carbocycles. The fourth-order valence-electron chi connectivity index (χ4n) is 3.47. The number of aryl methyl sites for hydroxylation is 1. The minimum atomic E-state index is -1.21. The number of amides is 1. The Balaban J connectivity index is 1.28. The number of hydrogen-bond acceptors (Lipinski definition) is 6. The predicted molar refractivity (Wildman–Crippen MR) is 105 cm³/mol. The quantitative estimate of drug-likeness (QED) is 0.688. The average molecular weight is 416 g/mol. The van der Waals surface area contributed by atoms with E-state index in [1.807, 2.05) is 0 Å². The highest BCUT2D eigenvalue weighted by molar-refractivity contribution is 5.67. The zero-order chi connectivity index (χ0) is 21.1. The number of benzene rings is 1. The van der Waals surface area contributed by atoms with Crippen LogP contribution >= 0.6 is 0 Å². The number of nitrogens with zero attached hydrogens (tertiary/aromatic N) is 5. The molecule has 1 N–H and O–H groups in total. The second-order valence-corrected chi connectivity index (χ2v) is 7.39. The van der Waals surface area contributed by atoms with Crippen molar-refractivity contribution in [2.45, 2.75) is 26.1 Å². The molecule has 1 aliphatic heterocycles. The highest BCUT2D eigenvalue weighted by Crippen LogP contribution is 2.22. The van der Waals surface area contributed by atoms with Crippen molar-refractivity contribution in [2.75, 3.05) is 25.0 Å². The molecule has 4 rings (SSSR count). The maximum Gasteiger partial charge on any atom is 0.410 e. The van der Waals surface area contributed by atoms with E-state index in [9.17, 15) is 13.6 Å². The van der Waals surface area contributed by atoms with Crippen LogP contribution in [0.3, 0.4) is 0 Å². The molecule has 0 aliphatic carbocycles. The molecule has 0 bridgehead atoms. The van der Waals surface area contributed by atoms with Crippen LogP contribution in [0.5, 0.6) is 0 Å². The number of anilines is 1. The SMILES string of the molecule is Cc1ccc(COC(=O)N2CC[C@H](CNc3cncc4nncn34)[C@H](F)C2)c(F)c1. The Hall–Kier alpha value is -3.30. The zero-order valence-corrected chi connectivity index (χ0v) is 16.5. The molecule has 0 unspecified atom stereocenters. The van der Waals surface area contributed by atoms with Crippen molar-refractivity contribution in [1.29, 1.82) is 0 Å². The Labute approximate surface area is 171 Å². The Bertz CT molecular complexity index is 1040. The van der Waals surface area contributed by atoms with Gasteiger partial charge >= 0.3 is 6.09 Å². The average Bonchev–Trinajstić information content (AvgIpc) is 3.21. The molecule has 0 spiro atoms. The van der Waals surface area contributed by atoms with E-state index in [0.717, 1.165) is 5.56 Å². The van der Waals surface area contributed by atoms with Gasteiger partial charge in [0.1, 0.15) is 30.7 Å². The standard InChI is InChI=1S/C20H22F2N6O2/c1-13-2-3-15(16(21)6-13)11-30-20(29)27-5-4-14(17(22)10-27)7-24-18-8-23-9-19-26-25-12-28(18)19/h2-3,6,8-9,12,14,17,24H,4-5,7,10-11H2,1H3/t14-,17-/m1/s1. The van der Waals surface area contributed by atoms with E-state index in [2.05, 4.69) is 20.5 Å². The summed E-state index contributed by atoms with van der Waals surface area (Å²) in [5.41, 5.74) is 1.68. The van der Waals surface area contributed by atoms with Gasteiger partial charge in [0, 0.05) is 24.6 Å². The van der Waals surface area contributed by atoms with E-state index in [4.69, 9.17) is 4.74 Å². The number of carbonyl (C=O) groups excluding carboxylic acids is 1. The lowest BCUT2D eigenvalue weighted by atomic mass is 9.95. The summed E-state index contributed by atoms with van der Waals surface area (Å²) in [6, 6.07) is 4.71. The van der Waals surface area contributed by atoms with Crippen molar-refractivity contribution in [3.63, 3.8) is 0 Å². The Morgan fingerprint density at radius 2 is 2.23 bits per heavy atom. The Morgan fingerprint density at radius 3 is 3.03 bits per heavy atom. The molecule has 1 amide bonds. The number of rotatable bonds is 5. The number of fused-ring (bicyclic) bond motifs is 1. The third kappa shape index (κ3) is 4.32. The molecule has 1 saturated heterocycles. The molecule has 10 heteroatoms. The number of ether oxygens (including phenoxy) is 1. The van der Waals surface area contributed by atoms with Crippen LogP contribution in [-0.2, 0) is 11.3 Å². The van der Waals surface area contributed by atoms with Crippen LogP contribution < -0.4 is 5.32 Å². The lowest BCUT2D eigenvalue weighted by molar-refractivity contribution is 0.0539. The normalized spacial score (nSPS) is 19.1. The summed E-state index contributed by atoms with van der Waals surface area (Å²) in [4.78, 5) is 17.7. The first-order valence-corrected chi connectivity index (χ1v) is 9.69. The molecular formula is C20H22F2N6O2. The molecule has 3 aromatic rings. The minimum Gasteiger partial charge on any atom is -0.444 e. The molecule has 1 aliphatic rings. The lowest BCUT2D eigenvalue weighted by Crippen LogP contribution is -2.46. The molecular weight excluding hydrogens is 394 g/mol. The third-order valence-electron chi connectivity index (χ3n) is 5.26. The Morgan fingerprint density at radius 1 is 1.37 bits per heavy atom. The predicted octanol–water partition coefficient (Wildman–Crippen LogP) is 2.98. The molecule has 2 atom stereocenters. The van der Waals surface area contributed by atoms with Crippen LogP contribution in [-0.4, -0.2) is 56.4 Å². The first kappa shape index (κ1) is 20.0. The summed E-state index contributed by atoms with van der Waals surface area (Å²) in [6.45, 7) is 2.30. The van der Waals surface area contributed by atoms with Gasteiger partial charge in [-0.1, -0.05) is 12.1 Å². The van der Waals surface area contributed by atoms with E-state index in [0.29, 0.717) is 36.5 Å². The van der Waals surface area contributed by atoms with Crippen LogP contribution in [0.4, 0.5) is 19.4 Å². The van der Waals surface area contributed by atoms with Gasteiger partial charge in [0.2, 0.25) is 0 Å². The Kier molecular flexibility index (Phi) is 5.73. The number of aromatic nitrogens is 4. The molecule has 30 heavy (non-hydrogen) atoms. The number of piperidine rings is 1. The van der Waals surface area contributed by atoms with Crippen molar-refractivity contribution >= 4 is 17.6 Å². The second-order valence-electron chi connectivity index (χ2n) is 7.39. The van der Waals surface area contributed by atoms with Gasteiger partial charge in [0.05, 0.1) is 18.9 Å². The summed E-state index contributed by atoms with van der Waals surface area (Å²) in [7, 11) is 0. The number of nitrogens with one attached hydrogen (secondary N) is 1.